The van der Waals surface area contributed by atoms with Crippen LogP contribution in [0.25, 0.3) is 0 Å². The van der Waals surface area contributed by atoms with E-state index in [-0.39, 0.29) is 10.4 Å². The fourth-order valence-electron chi connectivity index (χ4n) is 1.48. The van der Waals surface area contributed by atoms with Gasteiger partial charge in [-0.3, -0.25) is 9.65 Å². The van der Waals surface area contributed by atoms with Gasteiger partial charge in [-0.15, -0.1) is 0 Å². The van der Waals surface area contributed by atoms with E-state index >= 15 is 0 Å². The molecule has 2 unspecified atom stereocenters. The highest BCUT2D eigenvalue weighted by atomic mass is 32.7. The molecule has 0 bridgehead atoms. The van der Waals surface area contributed by atoms with Crippen molar-refractivity contribution in [1.29, 1.82) is 5.26 Å². The van der Waals surface area contributed by atoms with Gasteiger partial charge in [0.15, 0.2) is 5.11 Å². The van der Waals surface area contributed by atoms with Crippen molar-refractivity contribution >= 4 is 41.1 Å². The molecule has 1 aromatic rings. The van der Waals surface area contributed by atoms with Crippen LogP contribution in [0, 0.1) is 11.3 Å². The molecule has 0 radical (unpaired) electrons. The molecule has 0 aromatic heterocycles. The Morgan fingerprint density at radius 1 is 1.45 bits per heavy atom. The van der Waals surface area contributed by atoms with Gasteiger partial charge in [-0.25, -0.2) is 0 Å². The summed E-state index contributed by atoms with van der Waals surface area (Å²) in [5.41, 5.74) is 1.28. The van der Waals surface area contributed by atoms with Crippen LogP contribution >= 0.6 is 30.3 Å². The number of thiocarbonyl (C=S) groups is 1. The quantitative estimate of drug-likeness (QED) is 0.549. The highest BCUT2D eigenvalue weighted by Crippen LogP contribution is 2.58. The molecule has 8 heteroatoms. The fourth-order valence-corrected chi connectivity index (χ4v) is 6.38. The van der Waals surface area contributed by atoms with Gasteiger partial charge in [0, 0.05) is 10.9 Å². The van der Waals surface area contributed by atoms with Gasteiger partial charge in [-0.05, 0) is 61.2 Å². The summed E-state index contributed by atoms with van der Waals surface area (Å²) in [7, 11) is 0. The molecule has 0 saturated carbocycles. The van der Waals surface area contributed by atoms with Crippen LogP contribution in [0.15, 0.2) is 24.3 Å². The third kappa shape index (κ3) is 6.37. The first-order chi connectivity index (χ1) is 10.4. The SMILES string of the molecule is CCOP(=O)(NC(=S)Nc1ccc(C#N)cc1)SC(C)CC. The number of benzene rings is 1. The minimum atomic E-state index is -3.09. The molecular weight excluding hydrogens is 337 g/mol. The van der Waals surface area contributed by atoms with Gasteiger partial charge in [0.1, 0.15) is 0 Å². The molecule has 1 aromatic carbocycles. The summed E-state index contributed by atoms with van der Waals surface area (Å²) in [6.07, 6.45) is 0.888. The lowest BCUT2D eigenvalue weighted by atomic mass is 10.2. The second kappa shape index (κ2) is 9.16. The van der Waals surface area contributed by atoms with E-state index in [2.05, 4.69) is 10.4 Å². The van der Waals surface area contributed by atoms with Crippen LogP contribution in [0.3, 0.4) is 0 Å². The van der Waals surface area contributed by atoms with Gasteiger partial charge in [0.2, 0.25) is 0 Å². The van der Waals surface area contributed by atoms with Gasteiger partial charge >= 0.3 is 6.72 Å². The van der Waals surface area contributed by atoms with Gasteiger partial charge in [0.25, 0.3) is 0 Å². The Balaban J connectivity index is 2.70. The zero-order chi connectivity index (χ0) is 16.6. The first-order valence-corrected chi connectivity index (χ1v) is 10.5. The van der Waals surface area contributed by atoms with E-state index in [9.17, 15) is 4.57 Å². The molecule has 0 spiro atoms. The summed E-state index contributed by atoms with van der Waals surface area (Å²) in [6.45, 7) is 3.07. The van der Waals surface area contributed by atoms with Crippen LogP contribution in [0.5, 0.6) is 0 Å². The molecule has 2 atom stereocenters. The van der Waals surface area contributed by atoms with Crippen LogP contribution in [0.1, 0.15) is 32.8 Å². The molecule has 22 heavy (non-hydrogen) atoms. The van der Waals surface area contributed by atoms with Gasteiger partial charge in [-0.2, -0.15) is 5.26 Å². The summed E-state index contributed by atoms with van der Waals surface area (Å²) in [5, 5.41) is 14.9. The van der Waals surface area contributed by atoms with Crippen molar-refractivity contribution in [3.63, 3.8) is 0 Å². The van der Waals surface area contributed by atoms with Crippen molar-refractivity contribution in [3.8, 4) is 6.07 Å². The molecular formula is C14H20N3O2PS2. The third-order valence-corrected chi connectivity index (χ3v) is 7.63. The molecule has 0 fully saturated rings. The Hall–Kier alpha value is -1.06. The Labute approximate surface area is 141 Å². The standard InChI is InChI=1S/C14H20N3O2PS2/c1-4-11(3)22-20(18,19-5-2)17-14(21)16-13-8-6-12(10-15)7-9-13/h6-9,11H,4-5H2,1-3H3,(H2,16,17,18,21). The van der Waals surface area contributed by atoms with E-state index in [1.165, 1.54) is 11.4 Å². The van der Waals surface area contributed by atoms with E-state index in [4.69, 9.17) is 22.0 Å². The lowest BCUT2D eigenvalue weighted by molar-refractivity contribution is 0.343. The fraction of sp³-hybridized carbons (Fsp3) is 0.429. The number of nitrogens with one attached hydrogen (secondary N) is 2. The van der Waals surface area contributed by atoms with Crippen molar-refractivity contribution < 1.29 is 9.09 Å². The van der Waals surface area contributed by atoms with Crippen molar-refractivity contribution in [2.75, 3.05) is 11.9 Å². The summed E-state index contributed by atoms with van der Waals surface area (Å²) < 4.78 is 18.1. The van der Waals surface area contributed by atoms with Crippen molar-refractivity contribution in [2.45, 2.75) is 32.4 Å². The van der Waals surface area contributed by atoms with Crippen molar-refractivity contribution in [3.05, 3.63) is 29.8 Å². The maximum absolute atomic E-state index is 12.7. The van der Waals surface area contributed by atoms with Crippen LogP contribution in [0.2, 0.25) is 0 Å². The minimum absolute atomic E-state index is 0.197. The highest BCUT2D eigenvalue weighted by molar-refractivity contribution is 8.56. The first kappa shape index (κ1) is 19.0. The molecule has 0 aliphatic heterocycles. The predicted octanol–water partition coefficient (Wildman–Crippen LogP) is 4.52. The Bertz CT molecular complexity index is 587. The molecule has 0 amide bonds. The lowest BCUT2D eigenvalue weighted by Crippen LogP contribution is -2.26. The smallest absolute Gasteiger partial charge is 0.332 e. The number of hydrogen-bond donors (Lipinski definition) is 2. The Kier molecular flexibility index (Phi) is 7.91. The van der Waals surface area contributed by atoms with Gasteiger partial charge in [0.05, 0.1) is 18.2 Å². The third-order valence-electron chi connectivity index (χ3n) is 2.70. The van der Waals surface area contributed by atoms with Crippen LogP contribution in [0.4, 0.5) is 5.69 Å². The molecule has 0 aliphatic rings. The summed E-state index contributed by atoms with van der Waals surface area (Å²) in [5.74, 6) is 0. The number of rotatable bonds is 7. The van der Waals surface area contributed by atoms with Gasteiger partial charge in [-0.1, -0.05) is 13.8 Å². The molecule has 2 N–H and O–H groups in total. The normalized spacial score (nSPS) is 14.5. The Morgan fingerprint density at radius 2 is 2.09 bits per heavy atom. The van der Waals surface area contributed by atoms with Crippen LogP contribution < -0.4 is 10.4 Å². The van der Waals surface area contributed by atoms with Crippen LogP contribution in [-0.4, -0.2) is 17.0 Å². The van der Waals surface area contributed by atoms with Gasteiger partial charge < -0.3 is 9.84 Å². The molecule has 0 saturated heterocycles. The molecule has 5 nitrogen and oxygen atoms in total. The van der Waals surface area contributed by atoms with E-state index in [0.29, 0.717) is 17.9 Å². The summed E-state index contributed by atoms with van der Waals surface area (Å²) >= 11 is 6.46. The number of nitriles is 1. The van der Waals surface area contributed by atoms with E-state index < -0.39 is 6.72 Å². The summed E-state index contributed by atoms with van der Waals surface area (Å²) in [6, 6.07) is 8.88. The highest BCUT2D eigenvalue weighted by Gasteiger charge is 2.27. The zero-order valence-corrected chi connectivity index (χ0v) is 15.4. The van der Waals surface area contributed by atoms with E-state index in [1.54, 1.807) is 31.2 Å². The Morgan fingerprint density at radius 3 is 2.59 bits per heavy atom. The first-order valence-electron chi connectivity index (χ1n) is 6.94. The summed E-state index contributed by atoms with van der Waals surface area (Å²) in [4.78, 5) is 0. The second-order valence-corrected chi connectivity index (χ2v) is 9.47. The predicted molar refractivity (Wildman–Crippen MR) is 97.1 cm³/mol. The molecule has 0 aliphatic carbocycles. The topological polar surface area (TPSA) is 74.2 Å². The molecule has 120 valence electrons. The number of anilines is 1. The number of hydrogen-bond acceptors (Lipinski definition) is 5. The second-order valence-electron chi connectivity index (χ2n) is 4.49. The molecule has 1 rings (SSSR count). The van der Waals surface area contributed by atoms with E-state index in [1.807, 2.05) is 19.9 Å². The average molecular weight is 357 g/mol. The van der Waals surface area contributed by atoms with Crippen molar-refractivity contribution in [2.24, 2.45) is 0 Å². The van der Waals surface area contributed by atoms with E-state index in [0.717, 1.165) is 6.42 Å². The number of nitrogens with zero attached hydrogens (tertiary/aromatic N) is 1. The van der Waals surface area contributed by atoms with Crippen molar-refractivity contribution in [1.82, 2.24) is 5.09 Å². The lowest BCUT2D eigenvalue weighted by Gasteiger charge is -2.22. The average Bonchev–Trinajstić information content (AvgIpc) is 2.47. The van der Waals surface area contributed by atoms with Crippen LogP contribution in [-0.2, 0) is 9.09 Å². The maximum Gasteiger partial charge on any atom is 0.353 e. The monoisotopic (exact) mass is 357 g/mol. The largest absolute Gasteiger partial charge is 0.353 e. The zero-order valence-electron chi connectivity index (χ0n) is 12.8. The maximum atomic E-state index is 12.7. The minimum Gasteiger partial charge on any atom is -0.332 e. The molecule has 0 heterocycles.